The first-order chi connectivity index (χ1) is 13.4. The third-order valence-corrected chi connectivity index (χ3v) is 5.06. The van der Waals surface area contributed by atoms with E-state index in [1.54, 1.807) is 6.07 Å². The summed E-state index contributed by atoms with van der Waals surface area (Å²) in [4.78, 5) is 0. The Morgan fingerprint density at radius 3 is 1.93 bits per heavy atom. The van der Waals surface area contributed by atoms with Gasteiger partial charge in [-0.05, 0) is 58.4 Å². The Labute approximate surface area is 166 Å². The normalized spacial score (nSPS) is 14.3. The summed E-state index contributed by atoms with van der Waals surface area (Å²) in [5.41, 5.74) is 1.05. The fourth-order valence-corrected chi connectivity index (χ4v) is 3.60. The van der Waals surface area contributed by atoms with Gasteiger partial charge >= 0.3 is 12.4 Å². The highest BCUT2D eigenvalue weighted by Crippen LogP contribution is 2.43. The maximum Gasteiger partial charge on any atom is 0.416 e. The van der Waals surface area contributed by atoms with Gasteiger partial charge in [-0.15, -0.1) is 0 Å². The van der Waals surface area contributed by atoms with E-state index in [4.69, 9.17) is 0 Å². The molecule has 0 aromatic heterocycles. The molecule has 6 heteroatoms. The molecule has 0 saturated carbocycles. The van der Waals surface area contributed by atoms with E-state index in [-0.39, 0.29) is 17.5 Å². The number of alkyl halides is 6. The highest BCUT2D eigenvalue weighted by molar-refractivity contribution is 5.86. The average Bonchev–Trinajstić information content (AvgIpc) is 3.04. The summed E-state index contributed by atoms with van der Waals surface area (Å²) >= 11 is 0. The van der Waals surface area contributed by atoms with Crippen molar-refractivity contribution in [2.75, 3.05) is 0 Å². The van der Waals surface area contributed by atoms with Crippen molar-refractivity contribution in [2.24, 2.45) is 5.92 Å². The molecule has 2 aromatic carbocycles. The van der Waals surface area contributed by atoms with E-state index in [1.807, 2.05) is 39.3 Å². The van der Waals surface area contributed by atoms with Gasteiger partial charge < -0.3 is 0 Å². The number of rotatable bonds is 4. The van der Waals surface area contributed by atoms with Gasteiger partial charge in [0.05, 0.1) is 11.1 Å². The van der Waals surface area contributed by atoms with E-state index in [2.05, 4.69) is 0 Å². The Morgan fingerprint density at radius 2 is 1.45 bits per heavy atom. The second-order valence-electron chi connectivity index (χ2n) is 7.59. The molecule has 0 saturated heterocycles. The monoisotopic (exact) mass is 411 g/mol. The van der Waals surface area contributed by atoms with Gasteiger partial charge in [-0.2, -0.15) is 26.3 Å². The molecule has 1 radical (unpaired) electrons. The molecule has 3 rings (SSSR count). The maximum absolute atomic E-state index is 13.4. The number of hydrogen-bond donors (Lipinski definition) is 0. The molecule has 2 aromatic rings. The predicted octanol–water partition coefficient (Wildman–Crippen LogP) is 7.95. The van der Waals surface area contributed by atoms with Crippen LogP contribution in [0.3, 0.4) is 0 Å². The summed E-state index contributed by atoms with van der Waals surface area (Å²) in [5.74, 6) is 0.192. The first-order valence-corrected chi connectivity index (χ1v) is 9.44. The van der Waals surface area contributed by atoms with Crippen molar-refractivity contribution >= 4 is 6.08 Å². The molecule has 0 heterocycles. The minimum atomic E-state index is -4.87. The molecule has 0 amide bonds. The van der Waals surface area contributed by atoms with Crippen LogP contribution in [0.25, 0.3) is 17.2 Å². The summed E-state index contributed by atoms with van der Waals surface area (Å²) in [6, 6.07) is 5.51. The van der Waals surface area contributed by atoms with E-state index < -0.39 is 23.5 Å². The first-order valence-electron chi connectivity index (χ1n) is 9.44. The minimum absolute atomic E-state index is 0.0536. The molecule has 0 fully saturated rings. The van der Waals surface area contributed by atoms with E-state index in [0.29, 0.717) is 17.5 Å². The molecule has 0 nitrogen and oxygen atoms in total. The number of halogens is 6. The summed E-state index contributed by atoms with van der Waals surface area (Å²) in [6.07, 6.45) is -4.64. The van der Waals surface area contributed by atoms with Crippen molar-refractivity contribution < 1.29 is 26.3 Å². The minimum Gasteiger partial charge on any atom is -0.166 e. The molecular weight excluding hydrogens is 390 g/mol. The number of allylic oxidation sites excluding steroid dienone is 1. The lowest BCUT2D eigenvalue weighted by Gasteiger charge is -2.18. The van der Waals surface area contributed by atoms with Crippen molar-refractivity contribution in [3.8, 4) is 11.1 Å². The second-order valence-corrected chi connectivity index (χ2v) is 7.59. The van der Waals surface area contributed by atoms with E-state index in [1.165, 1.54) is 0 Å². The molecule has 0 bridgehead atoms. The average molecular weight is 411 g/mol. The first kappa shape index (κ1) is 21.5. The van der Waals surface area contributed by atoms with Gasteiger partial charge in [-0.1, -0.05) is 51.0 Å². The number of fused-ring (bicyclic) bond motifs is 1. The van der Waals surface area contributed by atoms with Gasteiger partial charge in [0.1, 0.15) is 0 Å². The SMILES string of the molecule is CCCc1ccc2c(c1-c1cc(C(F)(F)F)cc(C(F)(F)F)c1)C=C(C(C)C)[CH]2. The van der Waals surface area contributed by atoms with Crippen LogP contribution in [0.1, 0.15) is 55.0 Å². The maximum atomic E-state index is 13.4. The number of benzene rings is 2. The molecule has 0 atom stereocenters. The summed E-state index contributed by atoms with van der Waals surface area (Å²) in [5, 5.41) is 0. The largest absolute Gasteiger partial charge is 0.416 e. The van der Waals surface area contributed by atoms with Crippen molar-refractivity contribution in [1.29, 1.82) is 0 Å². The van der Waals surface area contributed by atoms with Gasteiger partial charge in [0, 0.05) is 6.42 Å². The molecule has 0 spiro atoms. The predicted molar refractivity (Wildman–Crippen MR) is 102 cm³/mol. The van der Waals surface area contributed by atoms with Gasteiger partial charge in [-0.3, -0.25) is 0 Å². The number of aryl methyl sites for hydroxylation is 1. The van der Waals surface area contributed by atoms with Crippen LogP contribution in [0.15, 0.2) is 35.9 Å². The molecule has 1 aliphatic carbocycles. The van der Waals surface area contributed by atoms with Crippen LogP contribution in [-0.4, -0.2) is 0 Å². The third-order valence-electron chi connectivity index (χ3n) is 5.06. The lowest BCUT2D eigenvalue weighted by atomic mass is 9.88. The number of hydrogen-bond acceptors (Lipinski definition) is 0. The van der Waals surface area contributed by atoms with Crippen LogP contribution in [0.2, 0.25) is 0 Å². The lowest BCUT2D eigenvalue weighted by molar-refractivity contribution is -0.143. The second kappa shape index (κ2) is 7.54. The van der Waals surface area contributed by atoms with Crippen LogP contribution < -0.4 is 0 Å². The molecule has 0 aliphatic heterocycles. The molecule has 1 aliphatic rings. The summed E-state index contributed by atoms with van der Waals surface area (Å²) in [7, 11) is 0. The molecular formula is C23H21F6. The lowest BCUT2D eigenvalue weighted by Crippen LogP contribution is -2.11. The molecule has 29 heavy (non-hydrogen) atoms. The fraction of sp³-hybridized carbons (Fsp3) is 0.348. The van der Waals surface area contributed by atoms with Crippen LogP contribution in [0.4, 0.5) is 26.3 Å². The smallest absolute Gasteiger partial charge is 0.166 e. The zero-order valence-electron chi connectivity index (χ0n) is 16.3. The zero-order chi connectivity index (χ0) is 21.6. The Bertz CT molecular complexity index is 913. The van der Waals surface area contributed by atoms with E-state index >= 15 is 0 Å². The standard InChI is InChI=1S/C23H21F6/c1-4-5-14-6-7-15-8-16(13(2)3)11-20(15)21(14)17-9-18(22(24,25)26)12-19(10-17)23(27,28)29/h6-13H,4-5H2,1-3H3. The highest BCUT2D eigenvalue weighted by Gasteiger charge is 2.37. The quantitative estimate of drug-likeness (QED) is 0.448. The summed E-state index contributed by atoms with van der Waals surface area (Å²) < 4.78 is 80.1. The van der Waals surface area contributed by atoms with E-state index in [9.17, 15) is 26.3 Å². The summed E-state index contributed by atoms with van der Waals surface area (Å²) in [6.45, 7) is 5.91. The zero-order valence-corrected chi connectivity index (χ0v) is 16.3. The van der Waals surface area contributed by atoms with Crippen LogP contribution in [0.5, 0.6) is 0 Å². The van der Waals surface area contributed by atoms with Crippen molar-refractivity contribution in [1.82, 2.24) is 0 Å². The molecule has 0 unspecified atom stereocenters. The van der Waals surface area contributed by atoms with Crippen LogP contribution in [0, 0.1) is 12.3 Å². The highest BCUT2D eigenvalue weighted by atomic mass is 19.4. The molecule has 155 valence electrons. The van der Waals surface area contributed by atoms with Gasteiger partial charge in [0.15, 0.2) is 0 Å². The van der Waals surface area contributed by atoms with Crippen molar-refractivity contribution in [2.45, 2.75) is 46.0 Å². The fourth-order valence-electron chi connectivity index (χ4n) is 3.60. The topological polar surface area (TPSA) is 0 Å². The van der Waals surface area contributed by atoms with E-state index in [0.717, 1.165) is 35.3 Å². The Kier molecular flexibility index (Phi) is 5.58. The van der Waals surface area contributed by atoms with Crippen molar-refractivity contribution in [3.05, 3.63) is 70.1 Å². The van der Waals surface area contributed by atoms with Gasteiger partial charge in [0.25, 0.3) is 0 Å². The Morgan fingerprint density at radius 1 is 0.862 bits per heavy atom. The van der Waals surface area contributed by atoms with Crippen molar-refractivity contribution in [3.63, 3.8) is 0 Å². The Hall–Kier alpha value is -2.24. The van der Waals surface area contributed by atoms with Crippen LogP contribution >= 0.6 is 0 Å². The molecule has 0 N–H and O–H groups in total. The third kappa shape index (κ3) is 4.36. The Balaban J connectivity index is 2.32. The van der Waals surface area contributed by atoms with Crippen LogP contribution in [-0.2, 0) is 18.8 Å². The van der Waals surface area contributed by atoms with Gasteiger partial charge in [0.2, 0.25) is 0 Å². The van der Waals surface area contributed by atoms with Gasteiger partial charge in [-0.25, -0.2) is 0 Å².